The highest BCUT2D eigenvalue weighted by Crippen LogP contribution is 2.20. The lowest BCUT2D eigenvalue weighted by molar-refractivity contribution is 0.0953. The summed E-state index contributed by atoms with van der Waals surface area (Å²) in [5, 5.41) is 2.95. The maximum atomic E-state index is 11.1. The molecule has 0 aliphatic heterocycles. The van der Waals surface area contributed by atoms with Gasteiger partial charge in [-0.3, -0.25) is 10.2 Å². The maximum absolute atomic E-state index is 11.1. The molecule has 0 saturated heterocycles. The average Bonchev–Trinajstić information content (AvgIpc) is 2.73. The number of hydrogen-bond donors (Lipinski definition) is 2. The number of carbonyl (C=O) groups excluding carboxylic acids is 1. The molecule has 1 atom stereocenters. The van der Waals surface area contributed by atoms with E-state index in [0.717, 1.165) is 17.9 Å². The molecule has 1 unspecified atom stereocenters. The molecule has 0 saturated carbocycles. The molecule has 0 spiro atoms. The summed E-state index contributed by atoms with van der Waals surface area (Å²) in [6.45, 7) is 4.34. The molecular formula is C9H15N3OS2. The van der Waals surface area contributed by atoms with Crippen molar-refractivity contribution in [1.82, 2.24) is 10.4 Å². The fourth-order valence-electron chi connectivity index (χ4n) is 0.885. The van der Waals surface area contributed by atoms with Crippen LogP contribution in [0.2, 0.25) is 0 Å². The third-order valence-corrected chi connectivity index (χ3v) is 4.22. The topological polar surface area (TPSA) is 68.0 Å². The first-order valence-corrected chi connectivity index (χ1v) is 6.67. The molecule has 1 aromatic heterocycles. The molecule has 0 bridgehead atoms. The molecule has 0 radical (unpaired) electrons. The number of hydrazine groups is 1. The lowest BCUT2D eigenvalue weighted by atomic mass is 10.4. The highest BCUT2D eigenvalue weighted by Gasteiger charge is 2.10. The summed E-state index contributed by atoms with van der Waals surface area (Å²) in [5.41, 5.74) is 3.02. The number of aromatic nitrogens is 1. The number of nitrogens with zero attached hydrogens (tertiary/aromatic N) is 1. The van der Waals surface area contributed by atoms with E-state index in [9.17, 15) is 4.79 Å². The highest BCUT2D eigenvalue weighted by atomic mass is 32.2. The summed E-state index contributed by atoms with van der Waals surface area (Å²) in [4.78, 5) is 15.3. The molecule has 15 heavy (non-hydrogen) atoms. The molecule has 0 aromatic carbocycles. The number of nitrogen functional groups attached to an aromatic ring is 1. The zero-order valence-corrected chi connectivity index (χ0v) is 10.5. The Morgan fingerprint density at radius 3 is 3.13 bits per heavy atom. The van der Waals surface area contributed by atoms with Gasteiger partial charge in [0, 0.05) is 16.4 Å². The van der Waals surface area contributed by atoms with E-state index in [2.05, 4.69) is 24.3 Å². The summed E-state index contributed by atoms with van der Waals surface area (Å²) < 4.78 is 0. The Morgan fingerprint density at radius 1 is 1.80 bits per heavy atom. The molecule has 0 aliphatic carbocycles. The van der Waals surface area contributed by atoms with Crippen molar-refractivity contribution in [1.29, 1.82) is 0 Å². The van der Waals surface area contributed by atoms with Gasteiger partial charge in [-0.2, -0.15) is 11.8 Å². The van der Waals surface area contributed by atoms with Gasteiger partial charge in [0.25, 0.3) is 5.91 Å². The lowest BCUT2D eigenvalue weighted by Gasteiger charge is -2.05. The zero-order chi connectivity index (χ0) is 11.3. The van der Waals surface area contributed by atoms with Crippen molar-refractivity contribution in [3.63, 3.8) is 0 Å². The Kier molecular flexibility index (Phi) is 5.07. The Hall–Kier alpha value is -0.590. The van der Waals surface area contributed by atoms with Gasteiger partial charge in [-0.05, 0) is 6.42 Å². The Morgan fingerprint density at radius 2 is 2.53 bits per heavy atom. The first-order valence-electron chi connectivity index (χ1n) is 4.74. The molecule has 1 amide bonds. The van der Waals surface area contributed by atoms with Crippen LogP contribution in [-0.2, 0) is 5.75 Å². The second-order valence-corrected chi connectivity index (χ2v) is 5.43. The van der Waals surface area contributed by atoms with Gasteiger partial charge in [0.1, 0.15) is 0 Å². The summed E-state index contributed by atoms with van der Waals surface area (Å²) >= 11 is 3.17. The van der Waals surface area contributed by atoms with E-state index in [1.165, 1.54) is 11.3 Å². The van der Waals surface area contributed by atoms with E-state index in [0.29, 0.717) is 10.3 Å². The molecule has 84 valence electrons. The fourth-order valence-corrected chi connectivity index (χ4v) is 2.55. The first-order chi connectivity index (χ1) is 7.17. The summed E-state index contributed by atoms with van der Waals surface area (Å²) in [7, 11) is 0. The fraction of sp³-hybridized carbons (Fsp3) is 0.556. The first kappa shape index (κ1) is 12.5. The summed E-state index contributed by atoms with van der Waals surface area (Å²) in [5.74, 6) is 5.55. The number of hydrogen-bond acceptors (Lipinski definition) is 5. The average molecular weight is 245 g/mol. The second-order valence-electron chi connectivity index (χ2n) is 3.15. The Labute approximate surface area is 97.6 Å². The molecule has 6 heteroatoms. The number of rotatable bonds is 5. The molecular weight excluding hydrogens is 230 g/mol. The third kappa shape index (κ3) is 3.81. The monoisotopic (exact) mass is 245 g/mol. The van der Waals surface area contributed by atoms with Crippen molar-refractivity contribution in [3.8, 4) is 0 Å². The van der Waals surface area contributed by atoms with Crippen LogP contribution < -0.4 is 11.3 Å². The van der Waals surface area contributed by atoms with Crippen LogP contribution in [0.3, 0.4) is 0 Å². The number of nitrogens with two attached hydrogens (primary N) is 1. The molecule has 1 rings (SSSR count). The van der Waals surface area contributed by atoms with Gasteiger partial charge in [0.05, 0.1) is 5.69 Å². The Balaban J connectivity index is 2.49. The van der Waals surface area contributed by atoms with E-state index in [1.807, 2.05) is 17.1 Å². The highest BCUT2D eigenvalue weighted by molar-refractivity contribution is 7.99. The molecule has 0 fully saturated rings. The van der Waals surface area contributed by atoms with Crippen LogP contribution >= 0.6 is 23.1 Å². The van der Waals surface area contributed by atoms with Crippen molar-refractivity contribution in [2.45, 2.75) is 31.3 Å². The van der Waals surface area contributed by atoms with Crippen molar-refractivity contribution in [2.75, 3.05) is 0 Å². The lowest BCUT2D eigenvalue weighted by Crippen LogP contribution is -2.29. The van der Waals surface area contributed by atoms with Crippen LogP contribution in [0.5, 0.6) is 0 Å². The number of thiazole rings is 1. The van der Waals surface area contributed by atoms with Crippen molar-refractivity contribution >= 4 is 29.0 Å². The van der Waals surface area contributed by atoms with Crippen molar-refractivity contribution in [2.24, 2.45) is 5.84 Å². The minimum absolute atomic E-state index is 0.320. The molecule has 0 aliphatic rings. The smallest absolute Gasteiger partial charge is 0.288 e. The largest absolute Gasteiger partial charge is 0.294 e. The Bertz CT molecular complexity index is 327. The minimum Gasteiger partial charge on any atom is -0.288 e. The molecule has 1 heterocycles. The summed E-state index contributed by atoms with van der Waals surface area (Å²) in [6.07, 6.45) is 1.14. The van der Waals surface area contributed by atoms with Gasteiger partial charge in [-0.25, -0.2) is 10.8 Å². The summed E-state index contributed by atoms with van der Waals surface area (Å²) in [6, 6.07) is 0. The van der Waals surface area contributed by atoms with Gasteiger partial charge in [-0.15, -0.1) is 11.3 Å². The van der Waals surface area contributed by atoms with Gasteiger partial charge in [-0.1, -0.05) is 13.8 Å². The number of carbonyl (C=O) groups is 1. The van der Waals surface area contributed by atoms with Crippen LogP contribution in [0.25, 0.3) is 0 Å². The second kappa shape index (κ2) is 6.09. The van der Waals surface area contributed by atoms with E-state index < -0.39 is 0 Å². The molecule has 4 nitrogen and oxygen atoms in total. The number of thioether (sulfide) groups is 1. The van der Waals surface area contributed by atoms with Crippen LogP contribution in [-0.4, -0.2) is 16.1 Å². The molecule has 3 N–H and O–H groups in total. The van der Waals surface area contributed by atoms with Gasteiger partial charge in [0.2, 0.25) is 0 Å². The van der Waals surface area contributed by atoms with Crippen LogP contribution in [0.15, 0.2) is 5.38 Å². The van der Waals surface area contributed by atoms with Gasteiger partial charge < -0.3 is 0 Å². The van der Waals surface area contributed by atoms with E-state index in [1.54, 1.807) is 0 Å². The van der Waals surface area contributed by atoms with E-state index in [-0.39, 0.29) is 5.91 Å². The van der Waals surface area contributed by atoms with Crippen LogP contribution in [0.1, 0.15) is 35.8 Å². The quantitative estimate of drug-likeness (QED) is 0.471. The van der Waals surface area contributed by atoms with Gasteiger partial charge in [0.15, 0.2) is 5.01 Å². The maximum Gasteiger partial charge on any atom is 0.294 e. The SMILES string of the molecule is CCC(C)SCc1csc(C(=O)NN)n1. The van der Waals surface area contributed by atoms with Crippen molar-refractivity contribution < 1.29 is 4.79 Å². The normalized spacial score (nSPS) is 12.5. The predicted molar refractivity (Wildman–Crippen MR) is 64.8 cm³/mol. The predicted octanol–water partition coefficient (Wildman–Crippen LogP) is 1.78. The van der Waals surface area contributed by atoms with Crippen LogP contribution in [0.4, 0.5) is 0 Å². The third-order valence-electron chi connectivity index (χ3n) is 1.97. The van der Waals surface area contributed by atoms with Crippen LogP contribution in [0, 0.1) is 0 Å². The number of amides is 1. The van der Waals surface area contributed by atoms with E-state index >= 15 is 0 Å². The zero-order valence-electron chi connectivity index (χ0n) is 8.82. The van der Waals surface area contributed by atoms with E-state index in [4.69, 9.17) is 5.84 Å². The standard InChI is InChI=1S/C9H15N3OS2/c1-3-6(2)14-4-7-5-15-9(11-7)8(13)12-10/h5-6H,3-4,10H2,1-2H3,(H,12,13). The minimum atomic E-state index is -0.320. The molecule has 1 aromatic rings. The van der Waals surface area contributed by atoms with Gasteiger partial charge >= 0.3 is 0 Å². The number of nitrogens with one attached hydrogen (secondary N) is 1. The van der Waals surface area contributed by atoms with Crippen molar-refractivity contribution in [3.05, 3.63) is 16.1 Å².